The van der Waals surface area contributed by atoms with Crippen LogP contribution in [-0.2, 0) is 4.79 Å². The van der Waals surface area contributed by atoms with Crippen LogP contribution in [-0.4, -0.2) is 11.6 Å². The van der Waals surface area contributed by atoms with Crippen LogP contribution in [0.3, 0.4) is 0 Å². The molecular weight excluding hydrogens is 304 g/mol. The second-order valence-corrected chi connectivity index (χ2v) is 7.19. The average Bonchev–Trinajstić information content (AvgIpc) is 3.09. The lowest BCUT2D eigenvalue weighted by Gasteiger charge is -2.07. The van der Waals surface area contributed by atoms with Gasteiger partial charge in [0.15, 0.2) is 0 Å². The fraction of sp³-hybridized carbons (Fsp3) is 0.300. The maximum absolute atomic E-state index is 12.2. The van der Waals surface area contributed by atoms with Gasteiger partial charge in [0.2, 0.25) is 11.6 Å². The van der Waals surface area contributed by atoms with E-state index in [9.17, 15) is 9.59 Å². The summed E-state index contributed by atoms with van der Waals surface area (Å²) in [7, 11) is 0. The molecule has 1 fully saturated rings. The van der Waals surface area contributed by atoms with Crippen molar-refractivity contribution in [3.63, 3.8) is 0 Å². The highest BCUT2D eigenvalue weighted by atomic mass is 32.2. The number of benzene rings is 2. The summed E-state index contributed by atoms with van der Waals surface area (Å²) in [6, 6.07) is 17.4. The van der Waals surface area contributed by atoms with Crippen LogP contribution in [0.4, 0.5) is 0 Å². The maximum Gasteiger partial charge on any atom is 0.228 e. The van der Waals surface area contributed by atoms with Crippen LogP contribution in [0.25, 0.3) is 0 Å². The molecule has 2 aromatic rings. The zero-order valence-electron chi connectivity index (χ0n) is 13.0. The summed E-state index contributed by atoms with van der Waals surface area (Å²) >= 11 is 1.65. The van der Waals surface area contributed by atoms with E-state index in [1.54, 1.807) is 23.9 Å². The lowest BCUT2D eigenvalue weighted by Crippen LogP contribution is -2.17. The van der Waals surface area contributed by atoms with Gasteiger partial charge in [-0.1, -0.05) is 55.6 Å². The molecule has 1 aliphatic rings. The Bertz CT molecular complexity index is 671. The van der Waals surface area contributed by atoms with E-state index in [0.717, 1.165) is 22.6 Å². The third-order valence-electron chi connectivity index (χ3n) is 4.30. The number of hydrogen-bond donors (Lipinski definition) is 0. The SMILES string of the molecule is O=C(CC1CCCC1)C(=O)c1ccc(Sc2ccccc2)cc1. The van der Waals surface area contributed by atoms with Crippen LogP contribution in [0.2, 0.25) is 0 Å². The zero-order valence-corrected chi connectivity index (χ0v) is 13.9. The maximum atomic E-state index is 12.2. The van der Waals surface area contributed by atoms with E-state index in [1.807, 2.05) is 30.3 Å². The highest BCUT2D eigenvalue weighted by Gasteiger charge is 2.23. The van der Waals surface area contributed by atoms with E-state index < -0.39 is 0 Å². The molecule has 0 aromatic heterocycles. The minimum Gasteiger partial charge on any atom is -0.290 e. The van der Waals surface area contributed by atoms with Gasteiger partial charge in [-0.2, -0.15) is 0 Å². The van der Waals surface area contributed by atoms with Gasteiger partial charge >= 0.3 is 0 Å². The van der Waals surface area contributed by atoms with Gasteiger partial charge in [0.25, 0.3) is 0 Å². The van der Waals surface area contributed by atoms with Gasteiger partial charge in [0, 0.05) is 21.8 Å². The normalized spacial score (nSPS) is 14.8. The van der Waals surface area contributed by atoms with Gasteiger partial charge < -0.3 is 0 Å². The molecule has 0 heterocycles. The Balaban J connectivity index is 1.61. The van der Waals surface area contributed by atoms with E-state index in [-0.39, 0.29) is 11.6 Å². The first kappa shape index (κ1) is 16.0. The third kappa shape index (κ3) is 4.32. The Labute approximate surface area is 141 Å². The summed E-state index contributed by atoms with van der Waals surface area (Å²) in [6.45, 7) is 0. The molecule has 0 radical (unpaired) electrons. The van der Waals surface area contributed by atoms with Crippen molar-refractivity contribution in [2.75, 3.05) is 0 Å². The molecule has 2 nitrogen and oxygen atoms in total. The lowest BCUT2D eigenvalue weighted by atomic mass is 9.96. The molecule has 3 heteroatoms. The molecule has 3 rings (SSSR count). The Hall–Kier alpha value is -1.87. The number of carbonyl (C=O) groups excluding carboxylic acids is 2. The smallest absolute Gasteiger partial charge is 0.228 e. The average molecular weight is 324 g/mol. The van der Waals surface area contributed by atoms with Crippen molar-refractivity contribution < 1.29 is 9.59 Å². The second kappa shape index (κ2) is 7.60. The second-order valence-electron chi connectivity index (χ2n) is 6.05. The molecule has 0 bridgehead atoms. The van der Waals surface area contributed by atoms with Crippen molar-refractivity contribution in [3.8, 4) is 0 Å². The topological polar surface area (TPSA) is 34.1 Å². The zero-order chi connectivity index (χ0) is 16.1. The van der Waals surface area contributed by atoms with Crippen molar-refractivity contribution in [1.82, 2.24) is 0 Å². The quantitative estimate of drug-likeness (QED) is 0.543. The summed E-state index contributed by atoms with van der Waals surface area (Å²) in [5.74, 6) is -0.159. The Kier molecular flexibility index (Phi) is 5.29. The summed E-state index contributed by atoms with van der Waals surface area (Å²) < 4.78 is 0. The summed E-state index contributed by atoms with van der Waals surface area (Å²) in [4.78, 5) is 26.6. The fourth-order valence-corrected chi connectivity index (χ4v) is 3.87. The molecule has 1 saturated carbocycles. The monoisotopic (exact) mass is 324 g/mol. The molecule has 0 N–H and O–H groups in total. The highest BCUT2D eigenvalue weighted by molar-refractivity contribution is 7.99. The molecule has 0 spiro atoms. The van der Waals surface area contributed by atoms with Gasteiger partial charge in [0.1, 0.15) is 0 Å². The minimum atomic E-state index is -0.340. The molecule has 1 aliphatic carbocycles. The number of carbonyl (C=O) groups is 2. The van der Waals surface area contributed by atoms with Gasteiger partial charge in [-0.05, 0) is 42.3 Å². The van der Waals surface area contributed by atoms with E-state index in [2.05, 4.69) is 12.1 Å². The molecule has 2 aromatic carbocycles. The first-order valence-corrected chi connectivity index (χ1v) is 8.94. The summed E-state index contributed by atoms with van der Waals surface area (Å²) in [6.07, 6.45) is 4.98. The van der Waals surface area contributed by atoms with Gasteiger partial charge in [0.05, 0.1) is 0 Å². The van der Waals surface area contributed by atoms with Crippen LogP contribution < -0.4 is 0 Å². The standard InChI is InChI=1S/C20H20O2S/c21-19(14-15-6-4-5-7-15)20(22)16-10-12-18(13-11-16)23-17-8-2-1-3-9-17/h1-3,8-13,15H,4-7,14H2. The largest absolute Gasteiger partial charge is 0.290 e. The molecular formula is C20H20O2S. The minimum absolute atomic E-state index is 0.236. The van der Waals surface area contributed by atoms with Crippen molar-refractivity contribution in [3.05, 3.63) is 60.2 Å². The Morgan fingerprint density at radius 1 is 0.870 bits per heavy atom. The summed E-state index contributed by atoms with van der Waals surface area (Å²) in [5.41, 5.74) is 0.505. The Morgan fingerprint density at radius 2 is 1.48 bits per heavy atom. The van der Waals surface area contributed by atoms with Crippen LogP contribution in [0.1, 0.15) is 42.5 Å². The molecule has 0 saturated heterocycles. The molecule has 0 atom stereocenters. The predicted molar refractivity (Wildman–Crippen MR) is 92.9 cm³/mol. The van der Waals surface area contributed by atoms with E-state index in [0.29, 0.717) is 17.9 Å². The van der Waals surface area contributed by atoms with Crippen LogP contribution >= 0.6 is 11.8 Å². The first-order valence-electron chi connectivity index (χ1n) is 8.13. The number of rotatable bonds is 6. The number of hydrogen-bond acceptors (Lipinski definition) is 3. The van der Waals surface area contributed by atoms with Gasteiger partial charge in [-0.15, -0.1) is 0 Å². The molecule has 0 aliphatic heterocycles. The lowest BCUT2D eigenvalue weighted by molar-refractivity contribution is -0.115. The van der Waals surface area contributed by atoms with Crippen molar-refractivity contribution >= 4 is 23.3 Å². The molecule has 0 amide bonds. The van der Waals surface area contributed by atoms with E-state index in [1.165, 1.54) is 12.8 Å². The van der Waals surface area contributed by atoms with Crippen molar-refractivity contribution in [1.29, 1.82) is 0 Å². The molecule has 118 valence electrons. The van der Waals surface area contributed by atoms with Crippen molar-refractivity contribution in [2.24, 2.45) is 5.92 Å². The van der Waals surface area contributed by atoms with Crippen LogP contribution in [0.5, 0.6) is 0 Å². The third-order valence-corrected chi connectivity index (χ3v) is 5.31. The Morgan fingerprint density at radius 3 is 2.13 bits per heavy atom. The van der Waals surface area contributed by atoms with Crippen LogP contribution in [0, 0.1) is 5.92 Å². The van der Waals surface area contributed by atoms with Gasteiger partial charge in [-0.25, -0.2) is 0 Å². The number of Topliss-reactive ketones (excluding diaryl/α,β-unsaturated/α-hetero) is 2. The molecule has 0 unspecified atom stereocenters. The summed E-state index contributed by atoms with van der Waals surface area (Å²) in [5, 5.41) is 0. The first-order chi connectivity index (χ1) is 11.2. The van der Waals surface area contributed by atoms with Gasteiger partial charge in [-0.3, -0.25) is 9.59 Å². The van der Waals surface area contributed by atoms with Crippen molar-refractivity contribution in [2.45, 2.75) is 41.9 Å². The van der Waals surface area contributed by atoms with Crippen LogP contribution in [0.15, 0.2) is 64.4 Å². The number of ketones is 2. The fourth-order valence-electron chi connectivity index (χ4n) is 3.03. The van der Waals surface area contributed by atoms with E-state index >= 15 is 0 Å². The predicted octanol–water partition coefficient (Wildman–Crippen LogP) is 5.17. The van der Waals surface area contributed by atoms with E-state index in [4.69, 9.17) is 0 Å². The molecule has 23 heavy (non-hydrogen) atoms. The highest BCUT2D eigenvalue weighted by Crippen LogP contribution is 2.29.